The lowest BCUT2D eigenvalue weighted by Crippen LogP contribution is -2.32. The van der Waals surface area contributed by atoms with Gasteiger partial charge in [-0.05, 0) is 6.08 Å². The summed E-state index contributed by atoms with van der Waals surface area (Å²) in [6, 6.07) is 0. The van der Waals surface area contributed by atoms with E-state index in [0.29, 0.717) is 0 Å². The normalized spacial score (nSPS) is 12.2. The Morgan fingerprint density at radius 2 is 2.40 bits per heavy atom. The average Bonchev–Trinajstić information content (AvgIpc) is 1.99. The predicted octanol–water partition coefficient (Wildman–Crippen LogP) is -1.36. The lowest BCUT2D eigenvalue weighted by atomic mass is 10.4. The first-order chi connectivity index (χ1) is 4.70. The lowest BCUT2D eigenvalue weighted by Gasteiger charge is -2.05. The molecule has 0 fully saturated rings. The Hall–Kier alpha value is -0.870. The Bertz CT molecular complexity index is 124. The second-order valence-electron chi connectivity index (χ2n) is 1.79. The van der Waals surface area contributed by atoms with E-state index in [4.69, 9.17) is 10.2 Å². The van der Waals surface area contributed by atoms with E-state index in [1.54, 1.807) is 0 Å². The van der Waals surface area contributed by atoms with Crippen LogP contribution in [0.5, 0.6) is 0 Å². The van der Waals surface area contributed by atoms with Gasteiger partial charge in [-0.1, -0.05) is 6.58 Å². The van der Waals surface area contributed by atoms with Crippen molar-refractivity contribution in [3.63, 3.8) is 0 Å². The van der Waals surface area contributed by atoms with E-state index in [1.807, 2.05) is 0 Å². The highest BCUT2D eigenvalue weighted by molar-refractivity contribution is 5.86. The molecule has 0 unspecified atom stereocenters. The molecule has 3 N–H and O–H groups in total. The largest absolute Gasteiger partial charge is 0.394 e. The number of hydrogen-bond acceptors (Lipinski definition) is 3. The van der Waals surface area contributed by atoms with Crippen LogP contribution in [0.15, 0.2) is 12.7 Å². The van der Waals surface area contributed by atoms with Gasteiger partial charge in [0.05, 0.1) is 12.7 Å². The third kappa shape index (κ3) is 4.05. The van der Waals surface area contributed by atoms with Crippen LogP contribution in [0.4, 0.5) is 0 Å². The fraction of sp³-hybridized carbons (Fsp3) is 0.500. The van der Waals surface area contributed by atoms with Crippen molar-refractivity contribution >= 4 is 5.91 Å². The van der Waals surface area contributed by atoms with E-state index in [1.165, 1.54) is 0 Å². The molecule has 4 heteroatoms. The van der Waals surface area contributed by atoms with Crippen molar-refractivity contribution in [3.05, 3.63) is 12.7 Å². The maximum Gasteiger partial charge on any atom is 0.243 e. The molecule has 0 aromatic rings. The summed E-state index contributed by atoms with van der Waals surface area (Å²) in [4.78, 5) is 10.4. The molecule has 0 radical (unpaired) electrons. The minimum absolute atomic E-state index is 0.0569. The second kappa shape index (κ2) is 4.96. The lowest BCUT2D eigenvalue weighted by molar-refractivity contribution is -0.117. The highest BCUT2D eigenvalue weighted by atomic mass is 16.3. The van der Waals surface area contributed by atoms with Crippen LogP contribution < -0.4 is 5.32 Å². The van der Waals surface area contributed by atoms with Gasteiger partial charge < -0.3 is 15.5 Å². The van der Waals surface area contributed by atoms with Gasteiger partial charge in [0.25, 0.3) is 0 Å². The molecule has 0 saturated carbocycles. The number of aliphatic hydroxyl groups is 2. The zero-order valence-electron chi connectivity index (χ0n) is 5.58. The minimum Gasteiger partial charge on any atom is -0.394 e. The Kier molecular flexibility index (Phi) is 4.53. The maximum atomic E-state index is 10.4. The van der Waals surface area contributed by atoms with E-state index < -0.39 is 6.10 Å². The summed E-state index contributed by atoms with van der Waals surface area (Å²) in [7, 11) is 0. The molecule has 0 bridgehead atoms. The number of hydrogen-bond donors (Lipinski definition) is 3. The third-order valence-electron chi connectivity index (χ3n) is 0.908. The molecule has 0 spiro atoms. The monoisotopic (exact) mass is 145 g/mol. The molecule has 0 saturated heterocycles. The van der Waals surface area contributed by atoms with Gasteiger partial charge in [0.1, 0.15) is 0 Å². The van der Waals surface area contributed by atoms with E-state index in [2.05, 4.69) is 11.9 Å². The summed E-state index contributed by atoms with van der Waals surface area (Å²) in [5.74, 6) is -0.354. The van der Waals surface area contributed by atoms with Crippen LogP contribution in [0.1, 0.15) is 0 Å². The topological polar surface area (TPSA) is 69.6 Å². The molecule has 0 aliphatic rings. The van der Waals surface area contributed by atoms with Crippen molar-refractivity contribution in [1.82, 2.24) is 5.32 Å². The predicted molar refractivity (Wildman–Crippen MR) is 36.3 cm³/mol. The summed E-state index contributed by atoms with van der Waals surface area (Å²) < 4.78 is 0. The summed E-state index contributed by atoms with van der Waals surface area (Å²) in [6.07, 6.45) is 0.216. The summed E-state index contributed by atoms with van der Waals surface area (Å²) in [5.41, 5.74) is 0. The van der Waals surface area contributed by atoms with E-state index in [-0.39, 0.29) is 19.1 Å². The maximum absolute atomic E-state index is 10.4. The Labute approximate surface area is 59.2 Å². The molecule has 0 aliphatic heterocycles. The van der Waals surface area contributed by atoms with Gasteiger partial charge in [-0.25, -0.2) is 0 Å². The summed E-state index contributed by atoms with van der Waals surface area (Å²) in [6.45, 7) is 2.92. The average molecular weight is 145 g/mol. The first kappa shape index (κ1) is 9.13. The van der Waals surface area contributed by atoms with Gasteiger partial charge in [0.2, 0.25) is 5.91 Å². The Morgan fingerprint density at radius 3 is 2.80 bits per heavy atom. The Morgan fingerprint density at radius 1 is 1.80 bits per heavy atom. The summed E-state index contributed by atoms with van der Waals surface area (Å²) in [5, 5.41) is 19.3. The standard InChI is InChI=1S/C6H11NO3/c1-2-6(10)7-3-5(9)4-8/h2,5,8-9H,1,3-4H2,(H,7,10)/t5-/m1/s1. The van der Waals surface area contributed by atoms with Crippen LogP contribution in [0.2, 0.25) is 0 Å². The van der Waals surface area contributed by atoms with E-state index in [0.717, 1.165) is 6.08 Å². The zero-order chi connectivity index (χ0) is 7.98. The minimum atomic E-state index is -0.885. The van der Waals surface area contributed by atoms with Crippen LogP contribution in [0.25, 0.3) is 0 Å². The third-order valence-corrected chi connectivity index (χ3v) is 0.908. The second-order valence-corrected chi connectivity index (χ2v) is 1.79. The van der Waals surface area contributed by atoms with Gasteiger partial charge >= 0.3 is 0 Å². The quantitative estimate of drug-likeness (QED) is 0.428. The first-order valence-electron chi connectivity index (χ1n) is 2.90. The van der Waals surface area contributed by atoms with Gasteiger partial charge in [-0.3, -0.25) is 4.79 Å². The van der Waals surface area contributed by atoms with Gasteiger partial charge in [-0.15, -0.1) is 0 Å². The number of amides is 1. The van der Waals surface area contributed by atoms with Crippen LogP contribution in [0, 0.1) is 0 Å². The number of carbonyl (C=O) groups excluding carboxylic acids is 1. The molecule has 10 heavy (non-hydrogen) atoms. The van der Waals surface area contributed by atoms with Crippen LogP contribution >= 0.6 is 0 Å². The molecule has 0 heterocycles. The van der Waals surface area contributed by atoms with Crippen molar-refractivity contribution in [1.29, 1.82) is 0 Å². The highest BCUT2D eigenvalue weighted by Gasteiger charge is 2.01. The number of nitrogens with one attached hydrogen (secondary N) is 1. The van der Waals surface area contributed by atoms with Gasteiger partial charge in [-0.2, -0.15) is 0 Å². The molecular weight excluding hydrogens is 134 g/mol. The van der Waals surface area contributed by atoms with Crippen molar-refractivity contribution in [2.75, 3.05) is 13.2 Å². The Balaban J connectivity index is 3.34. The van der Waals surface area contributed by atoms with E-state index in [9.17, 15) is 4.79 Å². The van der Waals surface area contributed by atoms with Crippen LogP contribution in [-0.2, 0) is 4.79 Å². The zero-order valence-corrected chi connectivity index (χ0v) is 5.58. The SMILES string of the molecule is C=CC(=O)NC[C@@H](O)CO. The molecular formula is C6H11NO3. The molecule has 0 rings (SSSR count). The van der Waals surface area contributed by atoms with Crippen molar-refractivity contribution in [3.8, 4) is 0 Å². The first-order valence-corrected chi connectivity index (χ1v) is 2.90. The number of rotatable bonds is 4. The molecule has 0 aromatic heterocycles. The van der Waals surface area contributed by atoms with Crippen molar-refractivity contribution in [2.45, 2.75) is 6.10 Å². The molecule has 58 valence electrons. The molecule has 1 atom stereocenters. The van der Waals surface area contributed by atoms with Crippen molar-refractivity contribution in [2.24, 2.45) is 0 Å². The van der Waals surface area contributed by atoms with Crippen LogP contribution in [-0.4, -0.2) is 35.4 Å². The smallest absolute Gasteiger partial charge is 0.243 e. The highest BCUT2D eigenvalue weighted by Crippen LogP contribution is 1.76. The number of aliphatic hydroxyl groups excluding tert-OH is 2. The van der Waals surface area contributed by atoms with E-state index >= 15 is 0 Å². The van der Waals surface area contributed by atoms with Gasteiger partial charge in [0, 0.05) is 6.54 Å². The fourth-order valence-electron chi connectivity index (χ4n) is 0.355. The molecule has 0 aromatic carbocycles. The fourth-order valence-corrected chi connectivity index (χ4v) is 0.355. The molecule has 4 nitrogen and oxygen atoms in total. The van der Waals surface area contributed by atoms with Gasteiger partial charge in [0.15, 0.2) is 0 Å². The number of carbonyl (C=O) groups is 1. The van der Waals surface area contributed by atoms with Crippen LogP contribution in [0.3, 0.4) is 0 Å². The summed E-state index contributed by atoms with van der Waals surface area (Å²) >= 11 is 0. The molecule has 1 amide bonds. The van der Waals surface area contributed by atoms with Crippen molar-refractivity contribution < 1.29 is 15.0 Å². The molecule has 0 aliphatic carbocycles.